The van der Waals surface area contributed by atoms with Gasteiger partial charge in [-0.05, 0) is 49.2 Å². The lowest BCUT2D eigenvalue weighted by atomic mass is 10.1. The van der Waals surface area contributed by atoms with Gasteiger partial charge < -0.3 is 4.74 Å². The predicted molar refractivity (Wildman–Crippen MR) is 80.7 cm³/mol. The van der Waals surface area contributed by atoms with Crippen molar-refractivity contribution in [3.05, 3.63) is 59.4 Å². The van der Waals surface area contributed by atoms with Crippen LogP contribution in [-0.2, 0) is 5.88 Å². The number of halogens is 1. The molecule has 0 bridgehead atoms. The van der Waals surface area contributed by atoms with Gasteiger partial charge in [0.1, 0.15) is 17.1 Å². The molecule has 3 aromatic rings. The minimum Gasteiger partial charge on any atom is -0.437 e. The van der Waals surface area contributed by atoms with E-state index >= 15 is 0 Å². The first-order valence-electron chi connectivity index (χ1n) is 6.46. The van der Waals surface area contributed by atoms with Crippen LogP contribution < -0.4 is 4.74 Å². The van der Waals surface area contributed by atoms with Crippen molar-refractivity contribution < 1.29 is 4.74 Å². The van der Waals surface area contributed by atoms with E-state index in [-0.39, 0.29) is 0 Å². The fourth-order valence-electron chi connectivity index (χ4n) is 2.12. The number of alkyl halides is 1. The third-order valence-corrected chi connectivity index (χ3v) is 3.66. The number of aryl methyl sites for hydroxylation is 2. The van der Waals surface area contributed by atoms with Crippen LogP contribution in [0.15, 0.2) is 42.6 Å². The van der Waals surface area contributed by atoms with E-state index in [0.29, 0.717) is 11.8 Å². The summed E-state index contributed by atoms with van der Waals surface area (Å²) in [5, 5.41) is 0. The zero-order valence-corrected chi connectivity index (χ0v) is 12.2. The van der Waals surface area contributed by atoms with Crippen LogP contribution in [0.5, 0.6) is 11.6 Å². The lowest BCUT2D eigenvalue weighted by Crippen LogP contribution is -1.92. The Hall–Kier alpha value is -2.00. The maximum Gasteiger partial charge on any atom is 0.242 e. The molecule has 4 heteroatoms. The topological polar surface area (TPSA) is 26.5 Å². The predicted octanol–water partition coefficient (Wildman–Crippen LogP) is 4.48. The number of aromatic nitrogens is 2. The molecule has 2 heterocycles. The van der Waals surface area contributed by atoms with Crippen molar-refractivity contribution >= 4 is 17.2 Å². The van der Waals surface area contributed by atoms with Gasteiger partial charge in [0.05, 0.1) is 5.88 Å². The van der Waals surface area contributed by atoms with Crippen LogP contribution in [0.4, 0.5) is 0 Å². The van der Waals surface area contributed by atoms with Crippen LogP contribution in [-0.4, -0.2) is 9.38 Å². The van der Waals surface area contributed by atoms with E-state index in [4.69, 9.17) is 16.3 Å². The molecule has 0 atom stereocenters. The highest BCUT2D eigenvalue weighted by Crippen LogP contribution is 2.28. The van der Waals surface area contributed by atoms with Crippen molar-refractivity contribution in [2.75, 3.05) is 0 Å². The van der Waals surface area contributed by atoms with E-state index in [0.717, 1.165) is 17.1 Å². The molecule has 0 saturated carbocycles. The smallest absolute Gasteiger partial charge is 0.242 e. The van der Waals surface area contributed by atoms with Crippen molar-refractivity contribution in [2.45, 2.75) is 19.7 Å². The molecule has 20 heavy (non-hydrogen) atoms. The van der Waals surface area contributed by atoms with Gasteiger partial charge in [-0.15, -0.1) is 11.6 Å². The summed E-state index contributed by atoms with van der Waals surface area (Å²) in [6, 6.07) is 11.8. The van der Waals surface area contributed by atoms with Crippen molar-refractivity contribution in [3.8, 4) is 11.6 Å². The second-order valence-corrected chi connectivity index (χ2v) is 5.04. The molecule has 1 aromatic carbocycles. The third kappa shape index (κ3) is 2.25. The Morgan fingerprint density at radius 2 is 2.00 bits per heavy atom. The van der Waals surface area contributed by atoms with E-state index in [1.807, 2.05) is 47.0 Å². The summed E-state index contributed by atoms with van der Waals surface area (Å²) in [5.41, 5.74) is 4.13. The Morgan fingerprint density at radius 1 is 1.15 bits per heavy atom. The minimum absolute atomic E-state index is 0.353. The highest BCUT2D eigenvalue weighted by Gasteiger charge is 2.13. The highest BCUT2D eigenvalue weighted by atomic mass is 35.5. The van der Waals surface area contributed by atoms with Crippen molar-refractivity contribution in [3.63, 3.8) is 0 Å². The number of hydrogen-bond acceptors (Lipinski definition) is 2. The molecule has 0 fully saturated rings. The molecule has 102 valence electrons. The first-order chi connectivity index (χ1) is 9.69. The Kier molecular flexibility index (Phi) is 3.36. The monoisotopic (exact) mass is 286 g/mol. The Labute approximate surface area is 122 Å². The average molecular weight is 287 g/mol. The summed E-state index contributed by atoms with van der Waals surface area (Å²) in [6.07, 6.45) is 1.94. The fraction of sp³-hybridized carbons (Fsp3) is 0.188. The molecule has 2 aromatic heterocycles. The number of benzene rings is 1. The van der Waals surface area contributed by atoms with Crippen molar-refractivity contribution in [1.82, 2.24) is 9.38 Å². The van der Waals surface area contributed by atoms with Crippen molar-refractivity contribution in [2.24, 2.45) is 0 Å². The third-order valence-electron chi connectivity index (χ3n) is 3.41. The molecular formula is C16H15ClN2O. The van der Waals surface area contributed by atoms with Gasteiger partial charge in [0, 0.05) is 6.20 Å². The Bertz CT molecular complexity index is 764. The van der Waals surface area contributed by atoms with E-state index in [2.05, 4.69) is 18.8 Å². The average Bonchev–Trinajstić information content (AvgIpc) is 2.80. The van der Waals surface area contributed by atoms with Gasteiger partial charge in [0.2, 0.25) is 5.88 Å². The zero-order chi connectivity index (χ0) is 14.1. The van der Waals surface area contributed by atoms with E-state index in [1.165, 1.54) is 11.1 Å². The largest absolute Gasteiger partial charge is 0.437 e. The molecule has 0 aliphatic rings. The molecule has 3 rings (SSSR count). The summed E-state index contributed by atoms with van der Waals surface area (Å²) in [6.45, 7) is 4.14. The second-order valence-electron chi connectivity index (χ2n) is 4.77. The quantitative estimate of drug-likeness (QED) is 0.664. The highest BCUT2D eigenvalue weighted by molar-refractivity contribution is 6.17. The molecular weight excluding hydrogens is 272 g/mol. The number of nitrogens with zero attached hydrogens (tertiary/aromatic N) is 2. The molecule has 0 unspecified atom stereocenters. The summed E-state index contributed by atoms with van der Waals surface area (Å²) >= 11 is 6.03. The van der Waals surface area contributed by atoms with Gasteiger partial charge in [-0.25, -0.2) is 0 Å². The zero-order valence-electron chi connectivity index (χ0n) is 11.4. The van der Waals surface area contributed by atoms with Crippen LogP contribution in [0.3, 0.4) is 0 Å². The Balaban J connectivity index is 2.03. The van der Waals surface area contributed by atoms with Crippen molar-refractivity contribution in [1.29, 1.82) is 0 Å². The first-order valence-corrected chi connectivity index (χ1v) is 6.99. The van der Waals surface area contributed by atoms with Gasteiger partial charge in [-0.3, -0.25) is 4.40 Å². The molecule has 0 saturated heterocycles. The first kappa shape index (κ1) is 13.0. The van der Waals surface area contributed by atoms with Gasteiger partial charge in [0.25, 0.3) is 0 Å². The lowest BCUT2D eigenvalue weighted by Gasteiger charge is -2.06. The maximum absolute atomic E-state index is 6.03. The SMILES string of the molecule is Cc1ccc(Oc2nc3ccccn3c2CCl)cc1C. The van der Waals surface area contributed by atoms with Gasteiger partial charge in [-0.1, -0.05) is 12.1 Å². The lowest BCUT2D eigenvalue weighted by molar-refractivity contribution is 0.461. The number of imidazole rings is 1. The number of rotatable bonds is 3. The molecule has 0 aliphatic heterocycles. The molecule has 0 amide bonds. The van der Waals surface area contributed by atoms with E-state index in [9.17, 15) is 0 Å². The summed E-state index contributed by atoms with van der Waals surface area (Å²) in [4.78, 5) is 4.49. The number of hydrogen-bond donors (Lipinski definition) is 0. The van der Waals surface area contributed by atoms with Crippen LogP contribution in [0, 0.1) is 13.8 Å². The molecule has 0 aliphatic carbocycles. The van der Waals surface area contributed by atoms with E-state index in [1.54, 1.807) is 0 Å². The minimum atomic E-state index is 0.353. The van der Waals surface area contributed by atoms with Gasteiger partial charge in [0.15, 0.2) is 0 Å². The van der Waals surface area contributed by atoms with Crippen LogP contribution in [0.2, 0.25) is 0 Å². The molecule has 0 spiro atoms. The number of ether oxygens (including phenoxy) is 1. The summed E-state index contributed by atoms with van der Waals surface area (Å²) < 4.78 is 7.85. The number of fused-ring (bicyclic) bond motifs is 1. The molecule has 3 nitrogen and oxygen atoms in total. The van der Waals surface area contributed by atoms with Crippen LogP contribution in [0.1, 0.15) is 16.8 Å². The molecule has 0 N–H and O–H groups in total. The standard InChI is InChI=1S/C16H15ClN2O/c1-11-6-7-13(9-12(11)2)20-16-14(10-17)19-8-4-3-5-15(19)18-16/h3-9H,10H2,1-2H3. The summed E-state index contributed by atoms with van der Waals surface area (Å²) in [7, 11) is 0. The van der Waals surface area contributed by atoms with Gasteiger partial charge >= 0.3 is 0 Å². The molecule has 0 radical (unpaired) electrons. The maximum atomic E-state index is 6.03. The van der Waals surface area contributed by atoms with Gasteiger partial charge in [-0.2, -0.15) is 4.98 Å². The number of pyridine rings is 1. The normalized spacial score (nSPS) is 10.9. The fourth-order valence-corrected chi connectivity index (χ4v) is 2.36. The Morgan fingerprint density at radius 3 is 2.75 bits per heavy atom. The van der Waals surface area contributed by atoms with Crippen LogP contribution in [0.25, 0.3) is 5.65 Å². The summed E-state index contributed by atoms with van der Waals surface area (Å²) in [5.74, 6) is 1.70. The van der Waals surface area contributed by atoms with E-state index < -0.39 is 0 Å². The van der Waals surface area contributed by atoms with Crippen LogP contribution >= 0.6 is 11.6 Å². The second kappa shape index (κ2) is 5.17.